The summed E-state index contributed by atoms with van der Waals surface area (Å²) in [4.78, 5) is 0. The Bertz CT molecular complexity index is 254. The molecule has 15 heavy (non-hydrogen) atoms. The van der Waals surface area contributed by atoms with E-state index < -0.39 is 0 Å². The van der Waals surface area contributed by atoms with Crippen LogP contribution in [0.25, 0.3) is 0 Å². The molecule has 1 aromatic rings. The van der Waals surface area contributed by atoms with Gasteiger partial charge in [0, 0.05) is 0 Å². The Balaban J connectivity index is 0.00000112. The molecule has 1 N–H and O–H groups in total. The fourth-order valence-corrected chi connectivity index (χ4v) is 2.19. The van der Waals surface area contributed by atoms with E-state index >= 15 is 0 Å². The maximum absolute atomic E-state index is 3.47. The van der Waals surface area contributed by atoms with Gasteiger partial charge in [-0.3, -0.25) is 0 Å². The van der Waals surface area contributed by atoms with Crippen molar-refractivity contribution in [1.82, 2.24) is 5.32 Å². The molecule has 0 spiro atoms. The maximum Gasteiger partial charge on any atom is -0.00204 e. The fraction of sp³-hybridized carbons (Fsp3) is 0.538. The molecule has 1 aliphatic heterocycles. The van der Waals surface area contributed by atoms with Crippen LogP contribution in [-0.4, -0.2) is 13.1 Å². The van der Waals surface area contributed by atoms with Gasteiger partial charge in [-0.25, -0.2) is 0 Å². The van der Waals surface area contributed by atoms with Crippen molar-refractivity contribution >= 4 is 12.4 Å². The van der Waals surface area contributed by atoms with Gasteiger partial charge in [0.2, 0.25) is 0 Å². The molecule has 1 heterocycles. The highest BCUT2D eigenvalue weighted by atomic mass is 35.5. The van der Waals surface area contributed by atoms with Gasteiger partial charge in [-0.2, -0.15) is 0 Å². The first-order valence-electron chi connectivity index (χ1n) is 5.70. The van der Waals surface area contributed by atoms with Gasteiger partial charge in [0.1, 0.15) is 0 Å². The minimum Gasteiger partial charge on any atom is -0.316 e. The van der Waals surface area contributed by atoms with E-state index in [1.165, 1.54) is 44.3 Å². The fourth-order valence-electron chi connectivity index (χ4n) is 2.19. The summed E-state index contributed by atoms with van der Waals surface area (Å²) in [6.45, 7) is 2.45. The SMILES string of the molecule is Cl.c1ccc(CCC2CCCNC2)cc1. The molecule has 1 unspecified atom stereocenters. The first-order chi connectivity index (χ1) is 6.95. The monoisotopic (exact) mass is 225 g/mol. The average molecular weight is 226 g/mol. The average Bonchev–Trinajstić information content (AvgIpc) is 2.29. The molecule has 0 amide bonds. The zero-order valence-electron chi connectivity index (χ0n) is 9.11. The summed E-state index contributed by atoms with van der Waals surface area (Å²) in [5.74, 6) is 0.906. The van der Waals surface area contributed by atoms with Crippen molar-refractivity contribution in [2.75, 3.05) is 13.1 Å². The Morgan fingerprint density at radius 2 is 2.00 bits per heavy atom. The summed E-state index contributed by atoms with van der Waals surface area (Å²) in [6, 6.07) is 10.8. The van der Waals surface area contributed by atoms with Gasteiger partial charge >= 0.3 is 0 Å². The van der Waals surface area contributed by atoms with E-state index in [1.807, 2.05) is 0 Å². The topological polar surface area (TPSA) is 12.0 Å². The van der Waals surface area contributed by atoms with Crippen LogP contribution in [-0.2, 0) is 6.42 Å². The molecule has 2 rings (SSSR count). The van der Waals surface area contributed by atoms with Crippen LogP contribution in [0.3, 0.4) is 0 Å². The van der Waals surface area contributed by atoms with Crippen molar-refractivity contribution in [2.45, 2.75) is 25.7 Å². The number of halogens is 1. The Labute approximate surface area is 98.7 Å². The second kappa shape index (κ2) is 6.86. The molecule has 1 atom stereocenters. The van der Waals surface area contributed by atoms with Gasteiger partial charge in [0.05, 0.1) is 0 Å². The van der Waals surface area contributed by atoms with E-state index in [4.69, 9.17) is 0 Å². The predicted octanol–water partition coefficient (Wildman–Crippen LogP) is 3.04. The lowest BCUT2D eigenvalue weighted by Crippen LogP contribution is -2.29. The first-order valence-corrected chi connectivity index (χ1v) is 5.70. The van der Waals surface area contributed by atoms with Gasteiger partial charge in [-0.05, 0) is 50.3 Å². The predicted molar refractivity (Wildman–Crippen MR) is 67.6 cm³/mol. The standard InChI is InChI=1S/C13H19N.ClH/c1-2-5-12(6-3-1)8-9-13-7-4-10-14-11-13;/h1-3,5-6,13-14H,4,7-11H2;1H. The van der Waals surface area contributed by atoms with Gasteiger partial charge in [-0.15, -0.1) is 12.4 Å². The number of nitrogens with one attached hydrogen (secondary N) is 1. The molecular formula is C13H20ClN. The number of hydrogen-bond acceptors (Lipinski definition) is 1. The second-order valence-electron chi connectivity index (χ2n) is 4.24. The number of benzene rings is 1. The molecule has 1 aliphatic rings. The molecule has 0 aliphatic carbocycles. The third-order valence-electron chi connectivity index (χ3n) is 3.08. The minimum absolute atomic E-state index is 0. The summed E-state index contributed by atoms with van der Waals surface area (Å²) < 4.78 is 0. The Kier molecular flexibility index (Phi) is 5.74. The largest absolute Gasteiger partial charge is 0.316 e. The molecule has 1 saturated heterocycles. The molecule has 0 bridgehead atoms. The van der Waals surface area contributed by atoms with Crippen molar-refractivity contribution < 1.29 is 0 Å². The lowest BCUT2D eigenvalue weighted by molar-refractivity contribution is 0.358. The lowest BCUT2D eigenvalue weighted by Gasteiger charge is -2.22. The Hall–Kier alpha value is -0.530. The van der Waals surface area contributed by atoms with E-state index in [0.717, 1.165) is 5.92 Å². The van der Waals surface area contributed by atoms with Gasteiger partial charge in [0.15, 0.2) is 0 Å². The first kappa shape index (κ1) is 12.5. The van der Waals surface area contributed by atoms with Crippen LogP contribution < -0.4 is 5.32 Å². The van der Waals surface area contributed by atoms with Crippen LogP contribution in [0.1, 0.15) is 24.8 Å². The van der Waals surface area contributed by atoms with E-state index in [9.17, 15) is 0 Å². The van der Waals surface area contributed by atoms with Crippen LogP contribution in [0.5, 0.6) is 0 Å². The van der Waals surface area contributed by atoms with Crippen molar-refractivity contribution in [2.24, 2.45) is 5.92 Å². The van der Waals surface area contributed by atoms with E-state index in [-0.39, 0.29) is 12.4 Å². The number of hydrogen-bond donors (Lipinski definition) is 1. The van der Waals surface area contributed by atoms with Crippen LogP contribution in [0.2, 0.25) is 0 Å². The van der Waals surface area contributed by atoms with Crippen molar-refractivity contribution in [3.05, 3.63) is 35.9 Å². The van der Waals surface area contributed by atoms with Crippen molar-refractivity contribution in [3.8, 4) is 0 Å². The summed E-state index contributed by atoms with van der Waals surface area (Å²) in [6.07, 6.45) is 5.36. The molecule has 0 saturated carbocycles. The highest BCUT2D eigenvalue weighted by molar-refractivity contribution is 5.85. The quantitative estimate of drug-likeness (QED) is 0.834. The number of piperidine rings is 1. The van der Waals surface area contributed by atoms with Crippen LogP contribution in [0.4, 0.5) is 0 Å². The smallest absolute Gasteiger partial charge is 0.00204 e. The normalized spacial score (nSPS) is 20.7. The molecule has 1 fully saturated rings. The minimum atomic E-state index is 0. The van der Waals surface area contributed by atoms with Crippen molar-refractivity contribution in [3.63, 3.8) is 0 Å². The van der Waals surface area contributed by atoms with Crippen LogP contribution in [0.15, 0.2) is 30.3 Å². The Morgan fingerprint density at radius 3 is 2.67 bits per heavy atom. The van der Waals surface area contributed by atoms with Gasteiger partial charge < -0.3 is 5.32 Å². The lowest BCUT2D eigenvalue weighted by atomic mass is 9.93. The summed E-state index contributed by atoms with van der Waals surface area (Å²) >= 11 is 0. The van der Waals surface area contributed by atoms with Crippen LogP contribution in [0, 0.1) is 5.92 Å². The molecule has 1 aromatic carbocycles. The molecule has 0 radical (unpaired) electrons. The zero-order chi connectivity index (χ0) is 9.64. The molecule has 84 valence electrons. The summed E-state index contributed by atoms with van der Waals surface area (Å²) in [5, 5.41) is 3.47. The highest BCUT2D eigenvalue weighted by Crippen LogP contribution is 2.16. The summed E-state index contributed by atoms with van der Waals surface area (Å²) in [5.41, 5.74) is 1.48. The maximum atomic E-state index is 3.47. The van der Waals surface area contributed by atoms with E-state index in [0.29, 0.717) is 0 Å². The summed E-state index contributed by atoms with van der Waals surface area (Å²) in [7, 11) is 0. The van der Waals surface area contributed by atoms with E-state index in [1.54, 1.807) is 0 Å². The molecule has 0 aromatic heterocycles. The van der Waals surface area contributed by atoms with Gasteiger partial charge in [-0.1, -0.05) is 30.3 Å². The van der Waals surface area contributed by atoms with Crippen molar-refractivity contribution in [1.29, 1.82) is 0 Å². The van der Waals surface area contributed by atoms with Crippen LogP contribution >= 0.6 is 12.4 Å². The second-order valence-corrected chi connectivity index (χ2v) is 4.24. The van der Waals surface area contributed by atoms with E-state index in [2.05, 4.69) is 35.6 Å². The Morgan fingerprint density at radius 1 is 1.20 bits per heavy atom. The third-order valence-corrected chi connectivity index (χ3v) is 3.08. The highest BCUT2D eigenvalue weighted by Gasteiger charge is 2.12. The van der Waals surface area contributed by atoms with Gasteiger partial charge in [0.25, 0.3) is 0 Å². The molecular weight excluding hydrogens is 206 g/mol. The number of rotatable bonds is 3. The zero-order valence-corrected chi connectivity index (χ0v) is 9.93. The number of aryl methyl sites for hydroxylation is 1. The molecule has 1 nitrogen and oxygen atoms in total. The third kappa shape index (κ3) is 4.23. The molecule has 2 heteroatoms.